The van der Waals surface area contributed by atoms with Gasteiger partial charge < -0.3 is 15.4 Å². The van der Waals surface area contributed by atoms with Gasteiger partial charge in [-0.05, 0) is 5.92 Å². The summed E-state index contributed by atoms with van der Waals surface area (Å²) in [6.45, 7) is 10.6. The van der Waals surface area contributed by atoms with Crippen molar-refractivity contribution in [3.63, 3.8) is 0 Å². The van der Waals surface area contributed by atoms with Gasteiger partial charge in [-0.25, -0.2) is 4.79 Å². The number of hydrogen-bond donors (Lipinski definition) is 2. The average molecular weight is 244 g/mol. The Balaban J connectivity index is 3.58. The smallest absolute Gasteiger partial charge is 0.407 e. The van der Waals surface area contributed by atoms with Crippen LogP contribution in [0, 0.1) is 11.3 Å². The Kier molecular flexibility index (Phi) is 6.61. The predicted molar refractivity (Wildman–Crippen MR) is 66.7 cm³/mol. The van der Waals surface area contributed by atoms with Crippen molar-refractivity contribution in [1.82, 2.24) is 10.6 Å². The van der Waals surface area contributed by atoms with Crippen molar-refractivity contribution < 1.29 is 14.3 Å². The first-order valence-corrected chi connectivity index (χ1v) is 5.92. The average Bonchev–Trinajstić information content (AvgIpc) is 2.19. The Hall–Kier alpha value is -1.26. The number of nitrogens with one attached hydrogen (secondary N) is 2. The molecule has 17 heavy (non-hydrogen) atoms. The molecule has 0 fully saturated rings. The van der Waals surface area contributed by atoms with E-state index in [1.165, 1.54) is 0 Å². The van der Waals surface area contributed by atoms with Crippen LogP contribution in [0.25, 0.3) is 0 Å². The van der Waals surface area contributed by atoms with E-state index >= 15 is 0 Å². The molecule has 0 heterocycles. The molecule has 0 spiro atoms. The summed E-state index contributed by atoms with van der Waals surface area (Å²) in [4.78, 5) is 22.6. The molecule has 0 unspecified atom stereocenters. The molecule has 2 amide bonds. The fourth-order valence-corrected chi connectivity index (χ4v) is 0.899. The molecule has 0 aliphatic rings. The van der Waals surface area contributed by atoms with E-state index in [1.54, 1.807) is 0 Å². The van der Waals surface area contributed by atoms with Crippen molar-refractivity contribution in [2.75, 3.05) is 19.7 Å². The van der Waals surface area contributed by atoms with Crippen molar-refractivity contribution >= 4 is 12.0 Å². The van der Waals surface area contributed by atoms with Crippen LogP contribution in [0.5, 0.6) is 0 Å². The molecule has 0 bridgehead atoms. The van der Waals surface area contributed by atoms with Gasteiger partial charge in [0.2, 0.25) is 5.91 Å². The van der Waals surface area contributed by atoms with Crippen LogP contribution < -0.4 is 10.6 Å². The minimum absolute atomic E-state index is 0.0325. The van der Waals surface area contributed by atoms with E-state index < -0.39 is 11.5 Å². The van der Waals surface area contributed by atoms with Crippen molar-refractivity contribution in [2.24, 2.45) is 11.3 Å². The largest absolute Gasteiger partial charge is 0.449 e. The maximum Gasteiger partial charge on any atom is 0.407 e. The molecule has 0 radical (unpaired) electrons. The van der Waals surface area contributed by atoms with E-state index in [0.29, 0.717) is 25.6 Å². The molecule has 0 aliphatic heterocycles. The first kappa shape index (κ1) is 15.7. The molecular formula is C12H24N2O3. The Labute approximate surface area is 103 Å². The molecule has 100 valence electrons. The van der Waals surface area contributed by atoms with Crippen LogP contribution in [0.2, 0.25) is 0 Å². The molecule has 0 atom stereocenters. The van der Waals surface area contributed by atoms with Crippen LogP contribution in [-0.2, 0) is 9.53 Å². The summed E-state index contributed by atoms with van der Waals surface area (Å²) in [5.74, 6) is 0.288. The number of ether oxygens (including phenoxy) is 1. The number of alkyl carbamates (subject to hydrolysis) is 1. The number of rotatable bonds is 5. The lowest BCUT2D eigenvalue weighted by Crippen LogP contribution is -2.40. The lowest BCUT2D eigenvalue weighted by atomic mass is 9.96. The highest BCUT2D eigenvalue weighted by atomic mass is 16.5. The predicted octanol–water partition coefficient (Wildman–Crippen LogP) is 1.53. The summed E-state index contributed by atoms with van der Waals surface area (Å²) in [6, 6.07) is 0. The Morgan fingerprint density at radius 2 is 1.65 bits per heavy atom. The Bertz CT molecular complexity index is 257. The molecule has 0 aromatic heterocycles. The fourth-order valence-electron chi connectivity index (χ4n) is 0.899. The summed E-state index contributed by atoms with van der Waals surface area (Å²) >= 11 is 0. The van der Waals surface area contributed by atoms with E-state index in [-0.39, 0.29) is 5.91 Å². The zero-order valence-electron chi connectivity index (χ0n) is 11.4. The molecule has 0 saturated carbocycles. The molecule has 0 rings (SSSR count). The highest BCUT2D eigenvalue weighted by Crippen LogP contribution is 2.11. The van der Waals surface area contributed by atoms with Crippen LogP contribution in [0.1, 0.15) is 34.6 Å². The number of hydrogen-bond acceptors (Lipinski definition) is 3. The van der Waals surface area contributed by atoms with Crippen LogP contribution >= 0.6 is 0 Å². The van der Waals surface area contributed by atoms with Gasteiger partial charge in [-0.1, -0.05) is 34.6 Å². The number of amides is 2. The first-order chi connectivity index (χ1) is 7.73. The lowest BCUT2D eigenvalue weighted by molar-refractivity contribution is -0.128. The molecule has 0 saturated heterocycles. The number of carbonyl (C=O) groups excluding carboxylic acids is 2. The highest BCUT2D eigenvalue weighted by Gasteiger charge is 2.20. The standard InChI is InChI=1S/C12H24N2O3/c1-9(2)8-17-11(16)14-7-6-13-10(15)12(3,4)5/h9H,6-8H2,1-5H3,(H,13,15)(H,14,16). The summed E-state index contributed by atoms with van der Waals surface area (Å²) in [7, 11) is 0. The van der Waals surface area contributed by atoms with Gasteiger partial charge in [0.1, 0.15) is 0 Å². The second-order valence-electron chi connectivity index (χ2n) is 5.42. The molecule has 0 aliphatic carbocycles. The van der Waals surface area contributed by atoms with E-state index in [0.717, 1.165) is 0 Å². The number of carbonyl (C=O) groups is 2. The second kappa shape index (κ2) is 7.14. The molecule has 0 aromatic rings. The summed E-state index contributed by atoms with van der Waals surface area (Å²) < 4.78 is 4.92. The summed E-state index contributed by atoms with van der Waals surface area (Å²) in [5, 5.41) is 5.30. The van der Waals surface area contributed by atoms with Crippen LogP contribution in [0.15, 0.2) is 0 Å². The van der Waals surface area contributed by atoms with Crippen LogP contribution in [0.4, 0.5) is 4.79 Å². The van der Waals surface area contributed by atoms with Gasteiger partial charge in [0.25, 0.3) is 0 Å². The van der Waals surface area contributed by atoms with E-state index in [9.17, 15) is 9.59 Å². The molecule has 2 N–H and O–H groups in total. The second-order valence-corrected chi connectivity index (χ2v) is 5.42. The Morgan fingerprint density at radius 3 is 2.12 bits per heavy atom. The van der Waals surface area contributed by atoms with Crippen molar-refractivity contribution in [3.8, 4) is 0 Å². The normalized spacial score (nSPS) is 11.2. The van der Waals surface area contributed by atoms with E-state index in [1.807, 2.05) is 34.6 Å². The topological polar surface area (TPSA) is 67.4 Å². The quantitative estimate of drug-likeness (QED) is 0.721. The minimum atomic E-state index is -0.441. The van der Waals surface area contributed by atoms with Crippen molar-refractivity contribution in [1.29, 1.82) is 0 Å². The third kappa shape index (κ3) is 8.54. The van der Waals surface area contributed by atoms with Crippen molar-refractivity contribution in [3.05, 3.63) is 0 Å². The van der Waals surface area contributed by atoms with Gasteiger partial charge in [-0.15, -0.1) is 0 Å². The van der Waals surface area contributed by atoms with Crippen LogP contribution in [-0.4, -0.2) is 31.7 Å². The van der Waals surface area contributed by atoms with Crippen molar-refractivity contribution in [2.45, 2.75) is 34.6 Å². The SMILES string of the molecule is CC(C)COC(=O)NCCNC(=O)C(C)(C)C. The molecule has 5 heteroatoms. The maximum absolute atomic E-state index is 11.5. The van der Waals surface area contributed by atoms with Gasteiger partial charge in [0.05, 0.1) is 6.61 Å². The summed E-state index contributed by atoms with van der Waals surface area (Å²) in [6.07, 6.45) is -0.441. The Morgan fingerprint density at radius 1 is 1.12 bits per heavy atom. The summed E-state index contributed by atoms with van der Waals surface area (Å²) in [5.41, 5.74) is -0.405. The zero-order valence-corrected chi connectivity index (χ0v) is 11.4. The third-order valence-electron chi connectivity index (χ3n) is 1.91. The molecular weight excluding hydrogens is 220 g/mol. The zero-order chi connectivity index (χ0) is 13.5. The first-order valence-electron chi connectivity index (χ1n) is 5.92. The fraction of sp³-hybridized carbons (Fsp3) is 0.833. The highest BCUT2D eigenvalue weighted by molar-refractivity contribution is 5.81. The van der Waals surface area contributed by atoms with Crippen LogP contribution in [0.3, 0.4) is 0 Å². The lowest BCUT2D eigenvalue weighted by Gasteiger charge is -2.17. The van der Waals surface area contributed by atoms with Gasteiger partial charge in [0, 0.05) is 18.5 Å². The monoisotopic (exact) mass is 244 g/mol. The molecule has 5 nitrogen and oxygen atoms in total. The van der Waals surface area contributed by atoms with Gasteiger partial charge in [-0.2, -0.15) is 0 Å². The minimum Gasteiger partial charge on any atom is -0.449 e. The van der Waals surface area contributed by atoms with Gasteiger partial charge >= 0.3 is 6.09 Å². The van der Waals surface area contributed by atoms with E-state index in [2.05, 4.69) is 10.6 Å². The van der Waals surface area contributed by atoms with Gasteiger partial charge in [-0.3, -0.25) is 4.79 Å². The molecule has 0 aromatic carbocycles. The van der Waals surface area contributed by atoms with Gasteiger partial charge in [0.15, 0.2) is 0 Å². The maximum atomic E-state index is 11.5. The third-order valence-corrected chi connectivity index (χ3v) is 1.91. The van der Waals surface area contributed by atoms with E-state index in [4.69, 9.17) is 4.74 Å².